The average Bonchev–Trinajstić information content (AvgIpc) is 3.05. The minimum atomic E-state index is -0.108. The molecule has 0 N–H and O–H groups in total. The zero-order valence-corrected chi connectivity index (χ0v) is 17.9. The maximum absolute atomic E-state index is 9.18. The van der Waals surface area contributed by atoms with E-state index in [2.05, 4.69) is 47.0 Å². The van der Waals surface area contributed by atoms with E-state index < -0.39 is 0 Å². The van der Waals surface area contributed by atoms with E-state index in [1.165, 1.54) is 11.5 Å². The van der Waals surface area contributed by atoms with E-state index in [0.29, 0.717) is 22.8 Å². The van der Waals surface area contributed by atoms with Crippen LogP contribution in [0.3, 0.4) is 0 Å². The van der Waals surface area contributed by atoms with Gasteiger partial charge in [-0.15, -0.1) is 0 Å². The van der Waals surface area contributed by atoms with Gasteiger partial charge in [0, 0.05) is 28.7 Å². The van der Waals surface area contributed by atoms with E-state index in [9.17, 15) is 5.26 Å². The van der Waals surface area contributed by atoms with Crippen molar-refractivity contribution >= 4 is 29.0 Å². The Kier molecular flexibility index (Phi) is 7.39. The van der Waals surface area contributed by atoms with Crippen molar-refractivity contribution in [2.75, 3.05) is 7.11 Å². The van der Waals surface area contributed by atoms with Crippen LogP contribution in [-0.4, -0.2) is 16.9 Å². The van der Waals surface area contributed by atoms with Gasteiger partial charge < -0.3 is 4.74 Å². The van der Waals surface area contributed by atoms with Crippen LogP contribution in [0.15, 0.2) is 34.4 Å². The quantitative estimate of drug-likeness (QED) is 0.308. The molecule has 0 radical (unpaired) electrons. The number of benzene rings is 1. The fourth-order valence-corrected chi connectivity index (χ4v) is 3.68. The minimum absolute atomic E-state index is 0.108. The Morgan fingerprint density at radius 3 is 2.68 bits per heavy atom. The number of aromatic nitrogens is 1. The molecule has 0 atom stereocenters. The Morgan fingerprint density at radius 2 is 2.07 bits per heavy atom. The van der Waals surface area contributed by atoms with Crippen LogP contribution in [0, 0.1) is 22.8 Å². The summed E-state index contributed by atoms with van der Waals surface area (Å²) in [6.07, 6.45) is 5.81. The number of unbranched alkanes of at least 4 members (excludes halogenated alkanes) is 1. The second-order valence-electron chi connectivity index (χ2n) is 7.05. The molecule has 8 heteroatoms. The first-order valence-corrected chi connectivity index (χ1v) is 9.90. The highest BCUT2D eigenvalue weighted by atomic mass is 35.5. The lowest BCUT2D eigenvalue weighted by Crippen LogP contribution is -2.18. The van der Waals surface area contributed by atoms with Gasteiger partial charge in [-0.2, -0.15) is 15.5 Å². The molecule has 0 aliphatic carbocycles. The number of ether oxygens (including phenoxy) is 1. The van der Waals surface area contributed by atoms with Gasteiger partial charge in [-0.1, -0.05) is 11.6 Å². The molecule has 0 fully saturated rings. The molecule has 146 valence electrons. The van der Waals surface area contributed by atoms with Gasteiger partial charge in [-0.3, -0.25) is 3.96 Å². The Hall–Kier alpha value is -2.61. The SMILES string of the molecule is COc1ccc(Cl)cc1C(/N=c1\sn(C(C)(C)C)cc1CCCC#N)=N\C#N. The average molecular weight is 416 g/mol. The first kappa shape index (κ1) is 21.7. The normalized spacial score (nSPS) is 12.5. The molecule has 28 heavy (non-hydrogen) atoms. The molecule has 0 amide bonds. The van der Waals surface area contributed by atoms with Gasteiger partial charge in [0.05, 0.1) is 18.7 Å². The van der Waals surface area contributed by atoms with E-state index in [4.69, 9.17) is 21.6 Å². The third-order valence-corrected chi connectivity index (χ3v) is 5.51. The number of hydrogen-bond acceptors (Lipinski definition) is 5. The van der Waals surface area contributed by atoms with E-state index in [1.807, 2.05) is 6.19 Å². The lowest BCUT2D eigenvalue weighted by molar-refractivity contribution is 0.414. The number of nitriles is 2. The van der Waals surface area contributed by atoms with E-state index in [1.54, 1.807) is 25.3 Å². The maximum atomic E-state index is 9.18. The summed E-state index contributed by atoms with van der Waals surface area (Å²) >= 11 is 7.63. The van der Waals surface area contributed by atoms with E-state index in [0.717, 1.165) is 23.1 Å². The summed E-state index contributed by atoms with van der Waals surface area (Å²) in [5.41, 5.74) is 1.46. The van der Waals surface area contributed by atoms with Crippen molar-refractivity contribution in [3.05, 3.63) is 45.2 Å². The maximum Gasteiger partial charge on any atom is 0.207 e. The summed E-state index contributed by atoms with van der Waals surface area (Å²) < 4.78 is 8.26. The van der Waals surface area contributed by atoms with Crippen LogP contribution in [0.25, 0.3) is 0 Å². The fraction of sp³-hybridized carbons (Fsp3) is 0.400. The second kappa shape index (κ2) is 9.54. The molecule has 0 aliphatic heterocycles. The predicted octanol–water partition coefficient (Wildman–Crippen LogP) is 4.64. The second-order valence-corrected chi connectivity index (χ2v) is 8.45. The standard InChI is InChI=1S/C20H22ClN5OS/c1-20(2,3)26-12-14(7-5-6-10-22)19(28-26)25-18(24-13-23)16-11-15(21)8-9-17(16)27-4/h8-9,11-12H,5-7H2,1-4H3/b24-18+,25-19-. The first-order chi connectivity index (χ1) is 13.3. The van der Waals surface area contributed by atoms with Crippen LogP contribution >= 0.6 is 23.1 Å². The fourth-order valence-electron chi connectivity index (χ4n) is 2.47. The van der Waals surface area contributed by atoms with Crippen LogP contribution < -0.4 is 9.41 Å². The van der Waals surface area contributed by atoms with Crippen molar-refractivity contribution in [3.8, 4) is 18.0 Å². The smallest absolute Gasteiger partial charge is 0.207 e. The molecule has 0 saturated carbocycles. The molecule has 0 spiro atoms. The van der Waals surface area contributed by atoms with Crippen molar-refractivity contribution in [1.29, 1.82) is 10.5 Å². The summed E-state index contributed by atoms with van der Waals surface area (Å²) in [5.74, 6) is 0.778. The largest absolute Gasteiger partial charge is 0.496 e. The number of nitrogens with zero attached hydrogens (tertiary/aromatic N) is 5. The summed E-state index contributed by atoms with van der Waals surface area (Å²) in [5, 5.41) is 18.5. The lowest BCUT2D eigenvalue weighted by Gasteiger charge is -2.19. The molecule has 2 aromatic rings. The molecule has 0 saturated heterocycles. The summed E-state index contributed by atoms with van der Waals surface area (Å²) in [6.45, 7) is 6.32. The van der Waals surface area contributed by atoms with Crippen molar-refractivity contribution in [2.24, 2.45) is 9.98 Å². The van der Waals surface area contributed by atoms with Gasteiger partial charge >= 0.3 is 0 Å². The van der Waals surface area contributed by atoms with Gasteiger partial charge in [-0.25, -0.2) is 4.99 Å². The molecule has 0 aliphatic rings. The predicted molar refractivity (Wildman–Crippen MR) is 112 cm³/mol. The van der Waals surface area contributed by atoms with Crippen LogP contribution in [0.2, 0.25) is 5.02 Å². The van der Waals surface area contributed by atoms with Gasteiger partial charge in [-0.05, 0) is 63.3 Å². The van der Waals surface area contributed by atoms with Crippen LogP contribution in [0.1, 0.15) is 44.7 Å². The molecule has 6 nitrogen and oxygen atoms in total. The molecule has 1 heterocycles. The first-order valence-electron chi connectivity index (χ1n) is 8.75. The van der Waals surface area contributed by atoms with Gasteiger partial charge in [0.15, 0.2) is 5.84 Å². The van der Waals surface area contributed by atoms with E-state index >= 15 is 0 Å². The molecule has 1 aromatic heterocycles. The molecule has 0 bridgehead atoms. The Balaban J connectivity index is 2.63. The zero-order valence-electron chi connectivity index (χ0n) is 16.4. The van der Waals surface area contributed by atoms with Crippen LogP contribution in [-0.2, 0) is 12.0 Å². The highest BCUT2D eigenvalue weighted by Gasteiger charge is 2.17. The number of aliphatic imine (C=N–C) groups is 1. The summed E-state index contributed by atoms with van der Waals surface area (Å²) in [4.78, 5) is 8.60. The van der Waals surface area contributed by atoms with Crippen LogP contribution in [0.4, 0.5) is 0 Å². The number of halogens is 1. The number of methoxy groups -OCH3 is 1. The third kappa shape index (κ3) is 5.45. The molecule has 2 rings (SSSR count). The highest BCUT2D eigenvalue weighted by molar-refractivity contribution is 7.04. The van der Waals surface area contributed by atoms with Crippen LogP contribution in [0.5, 0.6) is 5.75 Å². The lowest BCUT2D eigenvalue weighted by atomic mass is 10.1. The topological polar surface area (TPSA) is 86.5 Å². The van der Waals surface area contributed by atoms with Crippen molar-refractivity contribution < 1.29 is 4.74 Å². The van der Waals surface area contributed by atoms with E-state index in [-0.39, 0.29) is 11.4 Å². The van der Waals surface area contributed by atoms with Crippen molar-refractivity contribution in [1.82, 2.24) is 3.96 Å². The summed E-state index contributed by atoms with van der Waals surface area (Å²) in [6, 6.07) is 7.28. The molecular weight excluding hydrogens is 394 g/mol. The number of rotatable bonds is 5. The Bertz CT molecular complexity index is 1010. The highest BCUT2D eigenvalue weighted by Crippen LogP contribution is 2.24. The van der Waals surface area contributed by atoms with Gasteiger partial charge in [0.25, 0.3) is 0 Å². The van der Waals surface area contributed by atoms with Crippen molar-refractivity contribution in [3.63, 3.8) is 0 Å². The monoisotopic (exact) mass is 415 g/mol. The van der Waals surface area contributed by atoms with Gasteiger partial charge in [0.1, 0.15) is 10.4 Å². The third-order valence-electron chi connectivity index (χ3n) is 3.89. The minimum Gasteiger partial charge on any atom is -0.496 e. The zero-order chi connectivity index (χ0) is 20.7. The summed E-state index contributed by atoms with van der Waals surface area (Å²) in [7, 11) is 1.54. The number of aryl methyl sites for hydroxylation is 1. The number of hydrogen-bond donors (Lipinski definition) is 0. The molecule has 1 aromatic carbocycles. The van der Waals surface area contributed by atoms with Crippen molar-refractivity contribution in [2.45, 2.75) is 45.6 Å². The Morgan fingerprint density at radius 1 is 1.32 bits per heavy atom. The molecular formula is C20H22ClN5OS. The van der Waals surface area contributed by atoms with Gasteiger partial charge in [0.2, 0.25) is 6.19 Å². The number of amidine groups is 1. The Labute approximate surface area is 174 Å². The molecule has 0 unspecified atom stereocenters.